The highest BCUT2D eigenvalue weighted by molar-refractivity contribution is 8.14. The fourth-order valence-corrected chi connectivity index (χ4v) is 2.64. The number of nitrogens with zero attached hydrogens (tertiary/aromatic N) is 1. The minimum absolute atomic E-state index is 0.307. The standard InChI is InChI=1S/C11H21N3OS/c1-7-5-8(2)16-10(14-7)13-6-11(3,4)9(12)15/h7-8H,5-6H2,1-4H3,(H2,12,15)(H,13,14). The van der Waals surface area contributed by atoms with Crippen LogP contribution in [0.2, 0.25) is 0 Å². The summed E-state index contributed by atoms with van der Waals surface area (Å²) in [6.07, 6.45) is 1.14. The molecule has 3 N–H and O–H groups in total. The second-order valence-corrected chi connectivity index (χ2v) is 6.51. The molecule has 0 aromatic heterocycles. The summed E-state index contributed by atoms with van der Waals surface area (Å²) in [5.41, 5.74) is 4.73. The molecule has 0 aromatic carbocycles. The molecule has 4 nitrogen and oxygen atoms in total. The topological polar surface area (TPSA) is 67.5 Å². The van der Waals surface area contributed by atoms with Crippen molar-refractivity contribution in [2.75, 3.05) is 6.54 Å². The Morgan fingerprint density at radius 2 is 2.25 bits per heavy atom. The van der Waals surface area contributed by atoms with Crippen LogP contribution in [-0.2, 0) is 4.79 Å². The van der Waals surface area contributed by atoms with E-state index >= 15 is 0 Å². The van der Waals surface area contributed by atoms with Gasteiger partial charge in [-0.2, -0.15) is 0 Å². The first-order valence-corrected chi connectivity index (χ1v) is 6.47. The molecule has 2 unspecified atom stereocenters. The number of aliphatic imine (C=N–C) groups is 1. The van der Waals surface area contributed by atoms with Gasteiger partial charge in [0.25, 0.3) is 0 Å². The molecule has 2 atom stereocenters. The zero-order valence-electron chi connectivity index (χ0n) is 10.4. The Morgan fingerprint density at radius 1 is 1.62 bits per heavy atom. The average Bonchev–Trinajstić information content (AvgIpc) is 2.13. The van der Waals surface area contributed by atoms with Crippen LogP contribution in [0, 0.1) is 5.41 Å². The second kappa shape index (κ2) is 5.08. The third-order valence-corrected chi connectivity index (χ3v) is 3.72. The highest BCUT2D eigenvalue weighted by Gasteiger charge is 2.26. The summed E-state index contributed by atoms with van der Waals surface area (Å²) in [6.45, 7) is 8.41. The Labute approximate surface area is 101 Å². The van der Waals surface area contributed by atoms with Gasteiger partial charge >= 0.3 is 0 Å². The first kappa shape index (κ1) is 13.4. The molecule has 0 spiro atoms. The van der Waals surface area contributed by atoms with Crippen molar-refractivity contribution in [1.82, 2.24) is 5.32 Å². The highest BCUT2D eigenvalue weighted by Crippen LogP contribution is 2.23. The third-order valence-electron chi connectivity index (χ3n) is 2.65. The van der Waals surface area contributed by atoms with E-state index in [1.54, 1.807) is 11.8 Å². The van der Waals surface area contributed by atoms with E-state index in [0.29, 0.717) is 17.8 Å². The number of rotatable bonds is 3. The molecule has 0 aliphatic carbocycles. The van der Waals surface area contributed by atoms with E-state index in [2.05, 4.69) is 24.2 Å². The maximum atomic E-state index is 11.1. The number of thioether (sulfide) groups is 1. The molecule has 5 heteroatoms. The summed E-state index contributed by atoms with van der Waals surface area (Å²) in [5.74, 6) is -0.307. The van der Waals surface area contributed by atoms with E-state index in [0.717, 1.165) is 11.6 Å². The maximum absolute atomic E-state index is 11.1. The molecule has 1 aliphatic rings. The largest absolute Gasteiger partial charge is 0.369 e. The van der Waals surface area contributed by atoms with Gasteiger partial charge in [-0.1, -0.05) is 18.7 Å². The number of nitrogens with one attached hydrogen (secondary N) is 1. The molecule has 0 bridgehead atoms. The lowest BCUT2D eigenvalue weighted by molar-refractivity contribution is -0.125. The van der Waals surface area contributed by atoms with E-state index in [9.17, 15) is 4.79 Å². The van der Waals surface area contributed by atoms with Gasteiger partial charge in [0.15, 0.2) is 5.17 Å². The number of carbonyl (C=O) groups is 1. The molecule has 1 amide bonds. The molecule has 0 saturated carbocycles. The first-order chi connectivity index (χ1) is 7.31. The predicted octanol–water partition coefficient (Wildman–Crippen LogP) is 1.36. The van der Waals surface area contributed by atoms with Crippen LogP contribution in [0.5, 0.6) is 0 Å². The lowest BCUT2D eigenvalue weighted by Crippen LogP contribution is -2.40. The average molecular weight is 243 g/mol. The van der Waals surface area contributed by atoms with Crippen LogP contribution in [0.4, 0.5) is 0 Å². The lowest BCUT2D eigenvalue weighted by atomic mass is 9.93. The van der Waals surface area contributed by atoms with Crippen molar-refractivity contribution < 1.29 is 4.79 Å². The predicted molar refractivity (Wildman–Crippen MR) is 69.5 cm³/mol. The molecule has 1 heterocycles. The van der Waals surface area contributed by atoms with E-state index in [1.165, 1.54) is 0 Å². The summed E-state index contributed by atoms with van der Waals surface area (Å²) in [4.78, 5) is 15.6. The number of carbonyl (C=O) groups excluding carboxylic acids is 1. The third kappa shape index (κ3) is 3.70. The normalized spacial score (nSPS) is 28.9. The Balaban J connectivity index is 2.60. The van der Waals surface area contributed by atoms with Crippen molar-refractivity contribution in [3.8, 4) is 0 Å². The molecule has 16 heavy (non-hydrogen) atoms. The number of nitrogens with two attached hydrogens (primary N) is 1. The molecule has 0 radical (unpaired) electrons. The van der Waals surface area contributed by atoms with E-state index in [-0.39, 0.29) is 5.91 Å². The van der Waals surface area contributed by atoms with Gasteiger partial charge in [0.05, 0.1) is 12.0 Å². The Kier molecular flexibility index (Phi) is 4.24. The van der Waals surface area contributed by atoms with E-state index in [4.69, 9.17) is 5.73 Å². The Bertz CT molecular complexity index is 290. The molecule has 1 saturated heterocycles. The van der Waals surface area contributed by atoms with Gasteiger partial charge in [-0.15, -0.1) is 0 Å². The van der Waals surface area contributed by atoms with Crippen LogP contribution in [0.25, 0.3) is 0 Å². The summed E-state index contributed by atoms with van der Waals surface area (Å²) < 4.78 is 0. The zero-order chi connectivity index (χ0) is 12.3. The van der Waals surface area contributed by atoms with Crippen molar-refractivity contribution in [3.05, 3.63) is 0 Å². The molecule has 92 valence electrons. The van der Waals surface area contributed by atoms with E-state index in [1.807, 2.05) is 13.8 Å². The van der Waals surface area contributed by atoms with Crippen molar-refractivity contribution >= 4 is 22.8 Å². The zero-order valence-corrected chi connectivity index (χ0v) is 11.2. The van der Waals surface area contributed by atoms with Crippen LogP contribution in [0.15, 0.2) is 4.99 Å². The molecule has 1 fully saturated rings. The molecular formula is C11H21N3OS. The monoisotopic (exact) mass is 243 g/mol. The molecular weight excluding hydrogens is 222 g/mol. The lowest BCUT2D eigenvalue weighted by Gasteiger charge is -2.28. The maximum Gasteiger partial charge on any atom is 0.224 e. The fraction of sp³-hybridized carbons (Fsp3) is 0.818. The Morgan fingerprint density at radius 3 is 2.75 bits per heavy atom. The number of hydrogen-bond donors (Lipinski definition) is 2. The smallest absolute Gasteiger partial charge is 0.224 e. The molecule has 1 rings (SSSR count). The summed E-state index contributed by atoms with van der Waals surface area (Å²) in [6, 6.07) is 0.451. The van der Waals surface area contributed by atoms with E-state index < -0.39 is 5.41 Å². The second-order valence-electron chi connectivity index (χ2n) is 5.08. The fourth-order valence-electron chi connectivity index (χ4n) is 1.47. The van der Waals surface area contributed by atoms with Gasteiger partial charge < -0.3 is 11.1 Å². The van der Waals surface area contributed by atoms with Crippen LogP contribution >= 0.6 is 11.8 Å². The number of amides is 1. The highest BCUT2D eigenvalue weighted by atomic mass is 32.2. The quantitative estimate of drug-likeness (QED) is 0.786. The van der Waals surface area contributed by atoms with Crippen molar-refractivity contribution in [2.45, 2.75) is 45.4 Å². The summed E-state index contributed by atoms with van der Waals surface area (Å²) >= 11 is 1.73. The SMILES string of the molecule is CC1CC(C)SC(=NCC(C)(C)C(N)=O)N1. The first-order valence-electron chi connectivity index (χ1n) is 5.59. The van der Waals surface area contributed by atoms with Gasteiger partial charge in [0, 0.05) is 11.3 Å². The number of amidine groups is 1. The van der Waals surface area contributed by atoms with Gasteiger partial charge in [0.1, 0.15) is 0 Å². The van der Waals surface area contributed by atoms with Gasteiger partial charge in [0.2, 0.25) is 5.91 Å². The van der Waals surface area contributed by atoms with Crippen LogP contribution in [-0.4, -0.2) is 28.9 Å². The van der Waals surface area contributed by atoms with Crippen molar-refractivity contribution in [1.29, 1.82) is 0 Å². The summed E-state index contributed by atoms with van der Waals surface area (Å²) in [5, 5.41) is 4.83. The van der Waals surface area contributed by atoms with Crippen LogP contribution < -0.4 is 11.1 Å². The number of primary amides is 1. The minimum atomic E-state index is -0.570. The van der Waals surface area contributed by atoms with Gasteiger partial charge in [-0.05, 0) is 27.2 Å². The minimum Gasteiger partial charge on any atom is -0.369 e. The van der Waals surface area contributed by atoms with Gasteiger partial charge in [-0.3, -0.25) is 9.79 Å². The van der Waals surface area contributed by atoms with Gasteiger partial charge in [-0.25, -0.2) is 0 Å². The van der Waals surface area contributed by atoms with Crippen LogP contribution in [0.3, 0.4) is 0 Å². The molecule has 1 aliphatic heterocycles. The summed E-state index contributed by atoms with van der Waals surface area (Å²) in [7, 11) is 0. The Hall–Kier alpha value is -0.710. The molecule has 0 aromatic rings. The number of hydrogen-bond acceptors (Lipinski definition) is 3. The van der Waals surface area contributed by atoms with Crippen molar-refractivity contribution in [2.24, 2.45) is 16.1 Å². The van der Waals surface area contributed by atoms with Crippen LogP contribution in [0.1, 0.15) is 34.1 Å². The van der Waals surface area contributed by atoms with Crippen molar-refractivity contribution in [3.63, 3.8) is 0 Å².